The molecular weight excluding hydrogens is 420 g/mol. The predicted octanol–water partition coefficient (Wildman–Crippen LogP) is 5.56. The number of benzene rings is 3. The zero-order chi connectivity index (χ0) is 23.7. The molecule has 34 heavy (non-hydrogen) atoms. The van der Waals surface area contributed by atoms with Gasteiger partial charge in [0.25, 0.3) is 5.91 Å². The Labute approximate surface area is 201 Å². The standard InChI is InChI=1S/C30H31N2O2/c1-20-10-11-22(19-32-16-14-25(15-17-32)29(33)24-12-13-24)18-28(20)30(34)31-21(2)26-9-5-7-23-6-3-4-8-27(23)26/h3-13,18,21,25H,14-17,19H2,1-2H3,(H,31,34)/t21-/m1/s1. The number of hydrogen-bond acceptors (Lipinski definition) is 3. The monoisotopic (exact) mass is 451 g/mol. The van der Waals surface area contributed by atoms with Gasteiger partial charge >= 0.3 is 0 Å². The van der Waals surface area contributed by atoms with Crippen LogP contribution in [0.1, 0.15) is 52.9 Å². The van der Waals surface area contributed by atoms with Crippen LogP contribution in [0.2, 0.25) is 0 Å². The summed E-state index contributed by atoms with van der Waals surface area (Å²) in [4.78, 5) is 27.9. The Bertz CT molecular complexity index is 1260. The highest BCUT2D eigenvalue weighted by atomic mass is 16.1. The van der Waals surface area contributed by atoms with Crippen LogP contribution in [0, 0.1) is 19.3 Å². The van der Waals surface area contributed by atoms with Gasteiger partial charge in [0.05, 0.1) is 6.04 Å². The molecule has 4 nitrogen and oxygen atoms in total. The minimum atomic E-state index is -0.1000. The van der Waals surface area contributed by atoms with E-state index in [-0.39, 0.29) is 17.9 Å². The summed E-state index contributed by atoms with van der Waals surface area (Å²) in [6, 6.07) is 20.6. The van der Waals surface area contributed by atoms with E-state index in [0.717, 1.165) is 60.3 Å². The SMILES string of the molecule is Cc1ccc(CN2CCC(C(=O)C3=C[CH]3)CC2)cc1C(=O)N[C@H](C)c1cccc2ccccc12. The maximum atomic E-state index is 13.2. The molecule has 3 aromatic rings. The van der Waals surface area contributed by atoms with Gasteiger partial charge in [-0.3, -0.25) is 14.5 Å². The molecule has 3 aromatic carbocycles. The lowest BCUT2D eigenvalue weighted by molar-refractivity contribution is -0.120. The summed E-state index contributed by atoms with van der Waals surface area (Å²) >= 11 is 0. The number of nitrogens with zero attached hydrogens (tertiary/aromatic N) is 1. The second-order valence-corrected chi connectivity index (χ2v) is 9.62. The van der Waals surface area contributed by atoms with Gasteiger partial charge in [0.1, 0.15) is 0 Å². The van der Waals surface area contributed by atoms with E-state index in [2.05, 4.69) is 40.5 Å². The number of nitrogens with one attached hydrogen (secondary N) is 1. The van der Waals surface area contributed by atoms with Crippen molar-refractivity contribution < 1.29 is 9.59 Å². The minimum absolute atomic E-state index is 0.0435. The van der Waals surface area contributed by atoms with Gasteiger partial charge in [0, 0.05) is 24.4 Å². The summed E-state index contributed by atoms with van der Waals surface area (Å²) in [5.74, 6) is 0.434. The molecular formula is C30H31N2O2. The molecule has 1 heterocycles. The fraction of sp³-hybridized carbons (Fsp3) is 0.300. The number of fused-ring (bicyclic) bond motifs is 1. The van der Waals surface area contributed by atoms with Crippen molar-refractivity contribution in [1.29, 1.82) is 0 Å². The molecule has 1 saturated heterocycles. The van der Waals surface area contributed by atoms with Crippen LogP contribution < -0.4 is 5.32 Å². The van der Waals surface area contributed by atoms with E-state index in [0.29, 0.717) is 5.78 Å². The van der Waals surface area contributed by atoms with Crippen molar-refractivity contribution in [2.24, 2.45) is 5.92 Å². The summed E-state index contributed by atoms with van der Waals surface area (Å²) in [6.45, 7) is 6.66. The third-order valence-electron chi connectivity index (χ3n) is 7.17. The van der Waals surface area contributed by atoms with E-state index >= 15 is 0 Å². The van der Waals surface area contributed by atoms with Gasteiger partial charge in [0.15, 0.2) is 5.78 Å². The Morgan fingerprint density at radius 2 is 1.76 bits per heavy atom. The number of allylic oxidation sites excluding steroid dienone is 2. The second-order valence-electron chi connectivity index (χ2n) is 9.62. The number of piperidine rings is 1. The van der Waals surface area contributed by atoms with Crippen molar-refractivity contribution in [3.05, 3.63) is 101 Å². The predicted molar refractivity (Wildman–Crippen MR) is 136 cm³/mol. The highest BCUT2D eigenvalue weighted by molar-refractivity contribution is 6.04. The van der Waals surface area contributed by atoms with Crippen LogP contribution in [-0.4, -0.2) is 29.7 Å². The molecule has 5 rings (SSSR count). The maximum absolute atomic E-state index is 13.2. The molecule has 0 aromatic heterocycles. The van der Waals surface area contributed by atoms with E-state index < -0.39 is 0 Å². The van der Waals surface area contributed by atoms with Gasteiger partial charge in [-0.25, -0.2) is 0 Å². The average molecular weight is 452 g/mol. The number of carbonyl (C=O) groups is 2. The van der Waals surface area contributed by atoms with Gasteiger partial charge in [-0.05, 0) is 78.9 Å². The van der Waals surface area contributed by atoms with Gasteiger partial charge in [-0.2, -0.15) is 0 Å². The van der Waals surface area contributed by atoms with E-state index in [1.165, 1.54) is 10.8 Å². The highest BCUT2D eigenvalue weighted by Crippen LogP contribution is 2.29. The van der Waals surface area contributed by atoms with Crippen molar-refractivity contribution in [3.63, 3.8) is 0 Å². The molecule has 1 atom stereocenters. The summed E-state index contributed by atoms with van der Waals surface area (Å²) in [5, 5.41) is 5.56. The fourth-order valence-electron chi connectivity index (χ4n) is 5.05. The van der Waals surface area contributed by atoms with Crippen molar-refractivity contribution in [3.8, 4) is 0 Å². The summed E-state index contributed by atoms with van der Waals surface area (Å²) in [6.07, 6.45) is 5.64. The Balaban J connectivity index is 1.25. The number of hydrogen-bond donors (Lipinski definition) is 1. The first-order chi connectivity index (χ1) is 16.5. The maximum Gasteiger partial charge on any atom is 0.252 e. The first kappa shape index (κ1) is 22.5. The average Bonchev–Trinajstić information content (AvgIpc) is 3.70. The largest absolute Gasteiger partial charge is 0.345 e. The molecule has 173 valence electrons. The van der Waals surface area contributed by atoms with Gasteiger partial charge < -0.3 is 5.32 Å². The molecule has 1 aliphatic heterocycles. The van der Waals surface area contributed by atoms with Crippen molar-refractivity contribution in [2.75, 3.05) is 13.1 Å². The van der Waals surface area contributed by atoms with Crippen LogP contribution in [-0.2, 0) is 11.3 Å². The molecule has 4 heteroatoms. The molecule has 2 aliphatic rings. The Morgan fingerprint density at radius 1 is 1.03 bits per heavy atom. The van der Waals surface area contributed by atoms with Crippen LogP contribution in [0.5, 0.6) is 0 Å². The lowest BCUT2D eigenvalue weighted by atomic mass is 9.91. The number of Topliss-reactive ketones (excluding diaryl/α,β-unsaturated/α-hetero) is 1. The lowest BCUT2D eigenvalue weighted by Crippen LogP contribution is -2.36. The summed E-state index contributed by atoms with van der Waals surface area (Å²) < 4.78 is 0. The Hall–Kier alpha value is -3.24. The number of likely N-dealkylation sites (tertiary alicyclic amines) is 1. The zero-order valence-electron chi connectivity index (χ0n) is 19.9. The molecule has 1 amide bonds. The third-order valence-corrected chi connectivity index (χ3v) is 7.17. The molecule has 0 bridgehead atoms. The number of ketones is 1. The Kier molecular flexibility index (Phi) is 6.34. The van der Waals surface area contributed by atoms with Gasteiger partial charge in [-0.1, -0.05) is 60.7 Å². The van der Waals surface area contributed by atoms with Crippen molar-refractivity contribution in [1.82, 2.24) is 10.2 Å². The quantitative estimate of drug-likeness (QED) is 0.511. The third kappa shape index (κ3) is 4.83. The fourth-order valence-corrected chi connectivity index (χ4v) is 5.05. The van der Waals surface area contributed by atoms with Gasteiger partial charge in [-0.15, -0.1) is 0 Å². The first-order valence-corrected chi connectivity index (χ1v) is 12.2. The molecule has 0 unspecified atom stereocenters. The number of amides is 1. The molecule has 0 spiro atoms. The summed E-state index contributed by atoms with van der Waals surface area (Å²) in [5.41, 5.74) is 4.87. The molecule has 1 fully saturated rings. The number of rotatable bonds is 7. The molecule has 1 radical (unpaired) electrons. The van der Waals surface area contributed by atoms with Crippen LogP contribution in [0.25, 0.3) is 10.8 Å². The van der Waals surface area contributed by atoms with Crippen LogP contribution in [0.3, 0.4) is 0 Å². The molecule has 0 saturated carbocycles. The van der Waals surface area contributed by atoms with Gasteiger partial charge in [0.2, 0.25) is 0 Å². The lowest BCUT2D eigenvalue weighted by Gasteiger charge is -2.31. The van der Waals surface area contributed by atoms with E-state index in [1.54, 1.807) is 0 Å². The van der Waals surface area contributed by atoms with E-state index in [4.69, 9.17) is 0 Å². The molecule has 1 N–H and O–H groups in total. The van der Waals surface area contributed by atoms with Crippen molar-refractivity contribution in [2.45, 2.75) is 39.3 Å². The Morgan fingerprint density at radius 3 is 2.53 bits per heavy atom. The smallest absolute Gasteiger partial charge is 0.252 e. The van der Waals surface area contributed by atoms with Crippen LogP contribution >= 0.6 is 0 Å². The normalized spacial score (nSPS) is 17.3. The zero-order valence-corrected chi connectivity index (χ0v) is 19.9. The van der Waals surface area contributed by atoms with Crippen LogP contribution in [0.4, 0.5) is 0 Å². The number of aryl methyl sites for hydroxylation is 1. The minimum Gasteiger partial charge on any atom is -0.345 e. The second kappa shape index (κ2) is 9.55. The van der Waals surface area contributed by atoms with E-state index in [1.807, 2.05) is 56.7 Å². The van der Waals surface area contributed by atoms with Crippen molar-refractivity contribution >= 4 is 22.5 Å². The number of carbonyl (C=O) groups excluding carboxylic acids is 2. The highest BCUT2D eigenvalue weighted by Gasteiger charge is 2.29. The summed E-state index contributed by atoms with van der Waals surface area (Å²) in [7, 11) is 0. The molecule has 1 aliphatic carbocycles. The van der Waals surface area contributed by atoms with E-state index in [9.17, 15) is 9.59 Å². The topological polar surface area (TPSA) is 49.4 Å². The van der Waals surface area contributed by atoms with Crippen LogP contribution in [0.15, 0.2) is 72.3 Å². The first-order valence-electron chi connectivity index (χ1n) is 12.2.